The molecule has 7 heteroatoms. The fourth-order valence-electron chi connectivity index (χ4n) is 2.56. The van der Waals surface area contributed by atoms with Crippen LogP contribution in [0.15, 0.2) is 59.7 Å². The molecule has 1 aromatic heterocycles. The van der Waals surface area contributed by atoms with E-state index in [4.69, 9.17) is 9.47 Å². The summed E-state index contributed by atoms with van der Waals surface area (Å²) in [4.78, 5) is 12.2. The molecule has 7 nitrogen and oxygen atoms in total. The second-order valence-electron chi connectivity index (χ2n) is 6.37. The Hall–Kier alpha value is -3.61. The van der Waals surface area contributed by atoms with Crippen LogP contribution in [-0.2, 0) is 0 Å². The van der Waals surface area contributed by atoms with E-state index in [0.717, 1.165) is 35.5 Å². The summed E-state index contributed by atoms with van der Waals surface area (Å²) >= 11 is 0. The van der Waals surface area contributed by atoms with Crippen molar-refractivity contribution in [3.05, 3.63) is 65.9 Å². The van der Waals surface area contributed by atoms with Gasteiger partial charge in [-0.25, -0.2) is 5.43 Å². The Labute approximate surface area is 169 Å². The van der Waals surface area contributed by atoms with E-state index in [0.29, 0.717) is 18.0 Å². The number of rotatable bonds is 9. The highest BCUT2D eigenvalue weighted by Crippen LogP contribution is 2.21. The van der Waals surface area contributed by atoms with Gasteiger partial charge < -0.3 is 9.47 Å². The van der Waals surface area contributed by atoms with E-state index in [-0.39, 0.29) is 5.91 Å². The van der Waals surface area contributed by atoms with E-state index >= 15 is 0 Å². The number of methoxy groups -OCH3 is 1. The van der Waals surface area contributed by atoms with Crippen LogP contribution < -0.4 is 14.9 Å². The van der Waals surface area contributed by atoms with Gasteiger partial charge in [-0.1, -0.05) is 13.3 Å². The first-order valence-electron chi connectivity index (χ1n) is 9.45. The van der Waals surface area contributed by atoms with Gasteiger partial charge in [-0.15, -0.1) is 0 Å². The normalized spacial score (nSPS) is 10.8. The van der Waals surface area contributed by atoms with E-state index < -0.39 is 0 Å². The molecule has 0 bridgehead atoms. The lowest BCUT2D eigenvalue weighted by molar-refractivity contribution is 0.0950. The minimum absolute atomic E-state index is 0.329. The van der Waals surface area contributed by atoms with Gasteiger partial charge in [0.05, 0.1) is 25.6 Å². The number of carbonyl (C=O) groups is 1. The maximum atomic E-state index is 12.2. The van der Waals surface area contributed by atoms with Crippen LogP contribution in [0.4, 0.5) is 0 Å². The van der Waals surface area contributed by atoms with Crippen molar-refractivity contribution in [3.63, 3.8) is 0 Å². The zero-order chi connectivity index (χ0) is 20.5. The molecule has 0 aliphatic rings. The van der Waals surface area contributed by atoms with Crippen LogP contribution in [0.2, 0.25) is 0 Å². The van der Waals surface area contributed by atoms with Crippen LogP contribution in [0.25, 0.3) is 11.3 Å². The van der Waals surface area contributed by atoms with E-state index in [9.17, 15) is 4.79 Å². The van der Waals surface area contributed by atoms with E-state index in [1.165, 1.54) is 0 Å². The first-order valence-corrected chi connectivity index (χ1v) is 9.45. The third-order valence-corrected chi connectivity index (χ3v) is 4.23. The number of aromatic amines is 1. The summed E-state index contributed by atoms with van der Waals surface area (Å²) in [6, 6.07) is 16.7. The van der Waals surface area contributed by atoms with Gasteiger partial charge in [0, 0.05) is 5.56 Å². The van der Waals surface area contributed by atoms with Crippen molar-refractivity contribution in [1.29, 1.82) is 0 Å². The lowest BCUT2D eigenvalue weighted by Crippen LogP contribution is -2.17. The van der Waals surface area contributed by atoms with Gasteiger partial charge in [0.25, 0.3) is 5.91 Å². The van der Waals surface area contributed by atoms with E-state index in [2.05, 4.69) is 27.6 Å². The summed E-state index contributed by atoms with van der Waals surface area (Å²) < 4.78 is 10.8. The molecule has 2 N–H and O–H groups in total. The summed E-state index contributed by atoms with van der Waals surface area (Å²) in [5.74, 6) is 1.22. The number of hydrogen-bond acceptors (Lipinski definition) is 5. The van der Waals surface area contributed by atoms with Crippen LogP contribution in [0, 0.1) is 0 Å². The van der Waals surface area contributed by atoms with Crippen molar-refractivity contribution < 1.29 is 14.3 Å². The highest BCUT2D eigenvalue weighted by Gasteiger charge is 2.10. The number of aromatic nitrogens is 2. The van der Waals surface area contributed by atoms with E-state index in [1.54, 1.807) is 19.4 Å². The van der Waals surface area contributed by atoms with Gasteiger partial charge in [0.1, 0.15) is 17.2 Å². The molecule has 0 aliphatic carbocycles. The van der Waals surface area contributed by atoms with Gasteiger partial charge in [0.15, 0.2) is 0 Å². The van der Waals surface area contributed by atoms with Crippen molar-refractivity contribution in [2.45, 2.75) is 19.8 Å². The molecule has 0 fully saturated rings. The summed E-state index contributed by atoms with van der Waals surface area (Å²) in [6.45, 7) is 2.84. The van der Waals surface area contributed by atoms with Crippen LogP contribution in [-0.4, -0.2) is 36.0 Å². The van der Waals surface area contributed by atoms with Crippen LogP contribution >= 0.6 is 0 Å². The minimum atomic E-state index is -0.368. The number of hydrazone groups is 1. The molecule has 0 unspecified atom stereocenters. The molecular formula is C22H24N4O3. The lowest BCUT2D eigenvalue weighted by atomic mass is 10.1. The number of unbranched alkanes of at least 4 members (excludes halogenated alkanes) is 1. The van der Waals surface area contributed by atoms with Crippen molar-refractivity contribution in [1.82, 2.24) is 15.6 Å². The van der Waals surface area contributed by atoms with Crippen LogP contribution in [0.3, 0.4) is 0 Å². The number of H-pyrrole nitrogens is 1. The summed E-state index contributed by atoms with van der Waals surface area (Å²) in [6.07, 6.45) is 3.69. The quantitative estimate of drug-likeness (QED) is 0.327. The molecule has 150 valence electrons. The number of hydrogen-bond donors (Lipinski definition) is 2. The van der Waals surface area contributed by atoms with Crippen molar-refractivity contribution >= 4 is 12.1 Å². The first-order chi connectivity index (χ1) is 14.2. The molecule has 1 heterocycles. The highest BCUT2D eigenvalue weighted by molar-refractivity contribution is 5.94. The maximum Gasteiger partial charge on any atom is 0.289 e. The largest absolute Gasteiger partial charge is 0.497 e. The molecule has 0 radical (unpaired) electrons. The minimum Gasteiger partial charge on any atom is -0.497 e. The summed E-state index contributed by atoms with van der Waals surface area (Å²) in [5.41, 5.74) is 5.23. The van der Waals surface area contributed by atoms with E-state index in [1.807, 2.05) is 48.5 Å². The van der Waals surface area contributed by atoms with Crippen LogP contribution in [0.5, 0.6) is 11.5 Å². The molecule has 3 rings (SSSR count). The third kappa shape index (κ3) is 5.68. The van der Waals surface area contributed by atoms with Gasteiger partial charge in [-0.3, -0.25) is 9.89 Å². The number of benzene rings is 2. The molecule has 0 saturated heterocycles. The Morgan fingerprint density at radius 3 is 2.55 bits per heavy atom. The standard InChI is InChI=1S/C22H24N4O3/c1-3-4-13-29-19-11-7-17(8-12-19)20-14-21(25-24-20)22(27)26-23-15-16-5-9-18(28-2)10-6-16/h5-12,14-15H,3-4,13H2,1-2H3,(H,24,25)(H,26,27)/b23-15-. The Bertz CT molecular complexity index is 947. The Morgan fingerprint density at radius 1 is 1.14 bits per heavy atom. The Balaban J connectivity index is 1.57. The smallest absolute Gasteiger partial charge is 0.289 e. The molecule has 0 aliphatic heterocycles. The average molecular weight is 392 g/mol. The molecule has 0 spiro atoms. The van der Waals surface area contributed by atoms with Crippen molar-refractivity contribution in [3.8, 4) is 22.8 Å². The third-order valence-electron chi connectivity index (χ3n) is 4.23. The molecule has 3 aromatic rings. The second kappa shape index (κ2) is 10.1. The first kappa shape index (κ1) is 20.1. The predicted molar refractivity (Wildman–Crippen MR) is 112 cm³/mol. The molecule has 29 heavy (non-hydrogen) atoms. The fraction of sp³-hybridized carbons (Fsp3) is 0.227. The predicted octanol–water partition coefficient (Wildman–Crippen LogP) is 4.03. The SMILES string of the molecule is CCCCOc1ccc(-c2cc(C(=O)N/N=C\c3ccc(OC)cc3)[nH]n2)cc1. The molecule has 0 saturated carbocycles. The topological polar surface area (TPSA) is 88.6 Å². The maximum absolute atomic E-state index is 12.2. The van der Waals surface area contributed by atoms with Gasteiger partial charge in [-0.2, -0.15) is 10.2 Å². The number of amides is 1. The Kier molecular flexibility index (Phi) is 7.00. The van der Waals surface area contributed by atoms with Crippen molar-refractivity contribution in [2.75, 3.05) is 13.7 Å². The summed E-state index contributed by atoms with van der Waals surface area (Å²) in [5, 5.41) is 10.9. The number of nitrogens with zero attached hydrogens (tertiary/aromatic N) is 2. The monoisotopic (exact) mass is 392 g/mol. The van der Waals surface area contributed by atoms with Gasteiger partial charge >= 0.3 is 0 Å². The average Bonchev–Trinajstić information content (AvgIpc) is 3.25. The number of nitrogens with one attached hydrogen (secondary N) is 2. The van der Waals surface area contributed by atoms with Gasteiger partial charge in [0.2, 0.25) is 0 Å². The van der Waals surface area contributed by atoms with Crippen molar-refractivity contribution in [2.24, 2.45) is 5.10 Å². The molecule has 0 atom stereocenters. The second-order valence-corrected chi connectivity index (χ2v) is 6.37. The number of ether oxygens (including phenoxy) is 2. The molecule has 1 amide bonds. The van der Waals surface area contributed by atoms with Gasteiger partial charge in [-0.05, 0) is 66.6 Å². The molecule has 2 aromatic carbocycles. The lowest BCUT2D eigenvalue weighted by Gasteiger charge is -2.05. The fourth-order valence-corrected chi connectivity index (χ4v) is 2.56. The number of carbonyl (C=O) groups excluding carboxylic acids is 1. The zero-order valence-electron chi connectivity index (χ0n) is 16.5. The molecular weight excluding hydrogens is 368 g/mol. The highest BCUT2D eigenvalue weighted by atomic mass is 16.5. The van der Waals surface area contributed by atoms with Crippen LogP contribution in [0.1, 0.15) is 35.8 Å². The Morgan fingerprint density at radius 2 is 1.86 bits per heavy atom. The summed E-state index contributed by atoms with van der Waals surface area (Å²) in [7, 11) is 1.61. The zero-order valence-corrected chi connectivity index (χ0v) is 16.5.